The van der Waals surface area contributed by atoms with Crippen molar-refractivity contribution in [2.45, 2.75) is 45.7 Å². The van der Waals surface area contributed by atoms with Gasteiger partial charge in [-0.15, -0.1) is 0 Å². The first-order valence-electron chi connectivity index (χ1n) is 11.4. The van der Waals surface area contributed by atoms with Gasteiger partial charge in [-0.2, -0.15) is 5.10 Å². The average molecular weight is 450 g/mol. The molecule has 5 nitrogen and oxygen atoms in total. The predicted octanol–water partition coefficient (Wildman–Crippen LogP) is 4.75. The van der Waals surface area contributed by atoms with Gasteiger partial charge in [0, 0.05) is 28.4 Å². The van der Waals surface area contributed by atoms with Crippen LogP contribution < -0.4 is 10.1 Å². The number of hydrogen-bond acceptors (Lipinski definition) is 4. The molecule has 2 aromatic carbocycles. The molecule has 2 aliphatic rings. The van der Waals surface area contributed by atoms with Gasteiger partial charge in [-0.25, -0.2) is 0 Å². The number of nitrogens with zero attached hydrogens (tertiary/aromatic N) is 2. The average Bonchev–Trinajstić information content (AvgIpc) is 3.56. The molecular formula is C26H28ClN3O2. The minimum atomic E-state index is 0.104. The highest BCUT2D eigenvalue weighted by atomic mass is 35.5. The minimum absolute atomic E-state index is 0.104. The molecule has 166 valence electrons. The number of aryl methyl sites for hydroxylation is 1. The molecule has 1 aliphatic carbocycles. The fourth-order valence-corrected chi connectivity index (χ4v) is 4.40. The Morgan fingerprint density at radius 1 is 1.19 bits per heavy atom. The molecule has 6 heteroatoms. The number of Topliss-reactive ketones (excluding diaryl/α,β-unsaturated/α-hetero) is 1. The predicted molar refractivity (Wildman–Crippen MR) is 126 cm³/mol. The van der Waals surface area contributed by atoms with Gasteiger partial charge in [0.1, 0.15) is 5.75 Å². The summed E-state index contributed by atoms with van der Waals surface area (Å²) >= 11 is 6.26. The fraction of sp³-hybridized carbons (Fsp3) is 0.385. The number of carbonyl (C=O) groups excluding carboxylic acids is 1. The molecule has 2 heterocycles. The summed E-state index contributed by atoms with van der Waals surface area (Å²) in [7, 11) is 0. The van der Waals surface area contributed by atoms with Gasteiger partial charge in [-0.05, 0) is 80.1 Å². The molecule has 1 aliphatic heterocycles. The second-order valence-electron chi connectivity index (χ2n) is 8.95. The fourth-order valence-electron chi connectivity index (χ4n) is 4.21. The van der Waals surface area contributed by atoms with Crippen molar-refractivity contribution in [3.05, 3.63) is 81.1 Å². The quantitative estimate of drug-likeness (QED) is 0.504. The maximum absolute atomic E-state index is 12.9. The van der Waals surface area contributed by atoms with Crippen LogP contribution in [0.15, 0.2) is 42.5 Å². The van der Waals surface area contributed by atoms with Gasteiger partial charge < -0.3 is 10.1 Å². The molecule has 1 aromatic heterocycles. The molecule has 0 radical (unpaired) electrons. The van der Waals surface area contributed by atoms with Crippen molar-refractivity contribution in [3.8, 4) is 5.75 Å². The van der Waals surface area contributed by atoms with E-state index in [1.807, 2.05) is 41.9 Å². The molecule has 1 N–H and O–H groups in total. The lowest BCUT2D eigenvalue weighted by Gasteiger charge is -2.17. The summed E-state index contributed by atoms with van der Waals surface area (Å²) in [5.74, 6) is 1.65. The highest BCUT2D eigenvalue weighted by molar-refractivity contribution is 6.30. The normalized spacial score (nSPS) is 15.4. The number of aromatic nitrogens is 2. The Morgan fingerprint density at radius 2 is 2.06 bits per heavy atom. The second-order valence-corrected chi connectivity index (χ2v) is 9.39. The van der Waals surface area contributed by atoms with Crippen molar-refractivity contribution in [1.82, 2.24) is 15.1 Å². The van der Waals surface area contributed by atoms with E-state index in [0.29, 0.717) is 23.9 Å². The molecule has 0 atom stereocenters. The van der Waals surface area contributed by atoms with Crippen LogP contribution in [0.5, 0.6) is 5.75 Å². The Bertz CT molecular complexity index is 1150. The topological polar surface area (TPSA) is 56.2 Å². The highest BCUT2D eigenvalue weighted by Gasteiger charge is 2.22. The lowest BCUT2D eigenvalue weighted by atomic mass is 9.96. The van der Waals surface area contributed by atoms with E-state index in [2.05, 4.69) is 17.4 Å². The summed E-state index contributed by atoms with van der Waals surface area (Å²) in [6.07, 6.45) is 3.76. The number of fused-ring (bicyclic) bond motifs is 1. The molecule has 0 saturated heterocycles. The Balaban J connectivity index is 1.30. The van der Waals surface area contributed by atoms with Crippen LogP contribution in [0, 0.1) is 12.8 Å². The number of ether oxygens (including phenoxy) is 1. The van der Waals surface area contributed by atoms with Gasteiger partial charge in [0.05, 0.1) is 25.3 Å². The SMILES string of the molecule is Cc1cc(CC(=O)c2ccc3c(c2)CCNC3)nn1Cc1cc(Cl)ccc1OCC1CC1. The van der Waals surface area contributed by atoms with Gasteiger partial charge >= 0.3 is 0 Å². The lowest BCUT2D eigenvalue weighted by Crippen LogP contribution is -2.23. The standard InChI is InChI=1S/C26H28ClN3O2/c1-17-10-24(13-25(31)20-4-5-21-14-28-9-8-19(21)11-20)29-30(17)15-22-12-23(27)6-7-26(22)32-16-18-2-3-18/h4-7,10-12,18,28H,2-3,8-9,13-16H2,1H3. The van der Waals surface area contributed by atoms with E-state index in [1.54, 1.807) is 0 Å². The Morgan fingerprint density at radius 3 is 2.91 bits per heavy atom. The monoisotopic (exact) mass is 449 g/mol. The first-order valence-corrected chi connectivity index (χ1v) is 11.7. The van der Waals surface area contributed by atoms with Gasteiger partial charge in [-0.3, -0.25) is 9.48 Å². The van der Waals surface area contributed by atoms with Crippen molar-refractivity contribution in [2.75, 3.05) is 13.2 Å². The van der Waals surface area contributed by atoms with E-state index in [0.717, 1.165) is 54.4 Å². The molecule has 3 aromatic rings. The Hall–Kier alpha value is -2.63. The summed E-state index contributed by atoms with van der Waals surface area (Å²) in [6, 6.07) is 13.8. The maximum atomic E-state index is 12.9. The molecule has 0 bridgehead atoms. The molecule has 1 saturated carbocycles. The van der Waals surface area contributed by atoms with Crippen LogP contribution >= 0.6 is 11.6 Å². The van der Waals surface area contributed by atoms with E-state index < -0.39 is 0 Å². The summed E-state index contributed by atoms with van der Waals surface area (Å²) in [4.78, 5) is 12.9. The van der Waals surface area contributed by atoms with Crippen molar-refractivity contribution < 1.29 is 9.53 Å². The number of halogens is 1. The van der Waals surface area contributed by atoms with E-state index in [9.17, 15) is 4.79 Å². The van der Waals surface area contributed by atoms with E-state index in [-0.39, 0.29) is 5.78 Å². The third kappa shape index (κ3) is 4.89. The van der Waals surface area contributed by atoms with Crippen LogP contribution in [0.1, 0.15) is 51.3 Å². The second kappa shape index (κ2) is 9.08. The largest absolute Gasteiger partial charge is 0.493 e. The van der Waals surface area contributed by atoms with Crippen molar-refractivity contribution in [1.29, 1.82) is 0 Å². The van der Waals surface area contributed by atoms with Crippen LogP contribution in [-0.2, 0) is 25.9 Å². The zero-order valence-corrected chi connectivity index (χ0v) is 19.1. The number of ketones is 1. The zero-order valence-electron chi connectivity index (χ0n) is 18.4. The maximum Gasteiger partial charge on any atom is 0.168 e. The first kappa shape index (κ1) is 21.2. The van der Waals surface area contributed by atoms with Gasteiger partial charge in [0.15, 0.2) is 5.78 Å². The Kier molecular flexibility index (Phi) is 6.03. The third-order valence-electron chi connectivity index (χ3n) is 6.30. The number of nitrogens with one attached hydrogen (secondary N) is 1. The molecule has 0 unspecified atom stereocenters. The lowest BCUT2D eigenvalue weighted by molar-refractivity contribution is 0.0991. The first-order chi connectivity index (χ1) is 15.5. The van der Waals surface area contributed by atoms with Crippen LogP contribution in [0.4, 0.5) is 0 Å². The smallest absolute Gasteiger partial charge is 0.168 e. The van der Waals surface area contributed by atoms with Crippen LogP contribution in [-0.4, -0.2) is 28.7 Å². The van der Waals surface area contributed by atoms with Gasteiger partial charge in [-0.1, -0.05) is 23.7 Å². The van der Waals surface area contributed by atoms with Crippen LogP contribution in [0.2, 0.25) is 5.02 Å². The highest BCUT2D eigenvalue weighted by Crippen LogP contribution is 2.31. The third-order valence-corrected chi connectivity index (χ3v) is 6.54. The summed E-state index contributed by atoms with van der Waals surface area (Å²) in [5, 5.41) is 8.77. The van der Waals surface area contributed by atoms with E-state index in [4.69, 9.17) is 21.4 Å². The van der Waals surface area contributed by atoms with Crippen molar-refractivity contribution >= 4 is 17.4 Å². The van der Waals surface area contributed by atoms with Gasteiger partial charge in [0.2, 0.25) is 0 Å². The van der Waals surface area contributed by atoms with Crippen LogP contribution in [0.25, 0.3) is 0 Å². The van der Waals surface area contributed by atoms with Crippen molar-refractivity contribution in [2.24, 2.45) is 5.92 Å². The Labute approximate surface area is 193 Å². The van der Waals surface area contributed by atoms with E-state index in [1.165, 1.54) is 24.0 Å². The van der Waals surface area contributed by atoms with Gasteiger partial charge in [0.25, 0.3) is 0 Å². The van der Waals surface area contributed by atoms with Crippen LogP contribution in [0.3, 0.4) is 0 Å². The molecule has 5 rings (SSSR count). The summed E-state index contributed by atoms with van der Waals surface area (Å²) < 4.78 is 7.97. The summed E-state index contributed by atoms with van der Waals surface area (Å²) in [5.41, 5.74) is 6.13. The summed E-state index contributed by atoms with van der Waals surface area (Å²) in [6.45, 7) is 5.17. The molecule has 32 heavy (non-hydrogen) atoms. The van der Waals surface area contributed by atoms with E-state index >= 15 is 0 Å². The zero-order chi connectivity index (χ0) is 22.1. The van der Waals surface area contributed by atoms with Crippen molar-refractivity contribution in [3.63, 3.8) is 0 Å². The number of hydrogen-bond donors (Lipinski definition) is 1. The number of benzene rings is 2. The number of rotatable bonds is 8. The molecule has 0 amide bonds. The number of carbonyl (C=O) groups is 1. The molecule has 0 spiro atoms. The minimum Gasteiger partial charge on any atom is -0.493 e. The molecule has 1 fully saturated rings. The molecular weight excluding hydrogens is 422 g/mol.